The van der Waals surface area contributed by atoms with Crippen molar-refractivity contribution >= 4 is 20.5 Å². The van der Waals surface area contributed by atoms with Gasteiger partial charge in [0.05, 0.1) is 0 Å². The van der Waals surface area contributed by atoms with Gasteiger partial charge in [0, 0.05) is 0 Å². The molecule has 42 valence electrons. The molecule has 4 N–H and O–H groups in total. The van der Waals surface area contributed by atoms with E-state index in [0.717, 1.165) is 0 Å². The van der Waals surface area contributed by atoms with Crippen LogP contribution in [0.1, 0.15) is 0 Å². The first-order chi connectivity index (χ1) is 1.00. The molecule has 0 saturated carbocycles. The molecule has 5 heavy (non-hydrogen) atoms. The van der Waals surface area contributed by atoms with Gasteiger partial charge in [0.15, 0.2) is 0 Å². The van der Waals surface area contributed by atoms with Crippen molar-refractivity contribution < 1.29 is 12.3 Å². The Morgan fingerprint density at radius 3 is 1.00 bits per heavy atom. The van der Waals surface area contributed by atoms with Crippen LogP contribution in [0.5, 0.6) is 0 Å². The standard InChI is InChI=1S/CH3.HI.2H2N.Ni.H/h1H3;1H;2*1H2;;/q-1;;2*-1;+1;/p-1. The number of nitrogens with two attached hydrogens (primary N) is 2. The van der Waals surface area contributed by atoms with Crippen LogP contribution in [-0.4, -0.2) is 0 Å². The van der Waals surface area contributed by atoms with Crippen molar-refractivity contribution in [3.63, 3.8) is 0 Å². The number of hydrogen-bond acceptors (Lipinski definition) is 0. The van der Waals surface area contributed by atoms with Crippen LogP contribution in [0.3, 0.4) is 0 Å². The summed E-state index contributed by atoms with van der Waals surface area (Å²) in [5.74, 6) is 0. The zero-order chi connectivity index (χ0) is 2.00. The average Bonchev–Trinajstić information content (AvgIpc) is 1.00. The van der Waals surface area contributed by atoms with E-state index >= 15 is 0 Å². The second-order valence-corrected chi connectivity index (χ2v) is 0. The van der Waals surface area contributed by atoms with Crippen LogP contribution in [-0.2, 0) is 12.3 Å². The molecule has 0 aromatic rings. The van der Waals surface area contributed by atoms with E-state index in [9.17, 15) is 0 Å². The fraction of sp³-hybridized carbons (Fsp3) is 0. The van der Waals surface area contributed by atoms with Crippen LogP contribution in [0.15, 0.2) is 0 Å². The first-order valence-corrected chi connectivity index (χ1v) is 3.48. The molecule has 0 aliphatic heterocycles. The monoisotopic (exact) mass is 233 g/mol. The van der Waals surface area contributed by atoms with Gasteiger partial charge in [0.1, 0.15) is 0 Å². The van der Waals surface area contributed by atoms with E-state index in [2.05, 4.69) is 12.3 Å². The fourth-order valence-electron chi connectivity index (χ4n) is 0. The van der Waals surface area contributed by atoms with E-state index in [-0.39, 0.29) is 19.7 Å². The fourth-order valence-corrected chi connectivity index (χ4v) is 0. The molecule has 2 nitrogen and oxygen atoms in total. The Kier molecular flexibility index (Phi) is 478. The van der Waals surface area contributed by atoms with Gasteiger partial charge >= 0.3 is 32.8 Å². The van der Waals surface area contributed by atoms with Gasteiger partial charge in [0.25, 0.3) is 0 Å². The minimum atomic E-state index is 0. The Labute approximate surface area is 52.5 Å². The zero-order valence-corrected chi connectivity index (χ0v) is 6.06. The number of halogens is 1. The molecule has 0 bridgehead atoms. The van der Waals surface area contributed by atoms with Crippen molar-refractivity contribution in [3.05, 3.63) is 19.7 Å². The van der Waals surface area contributed by atoms with Crippen LogP contribution >= 0.6 is 20.5 Å². The molecular formula is CH8IN2Ni-3. The van der Waals surface area contributed by atoms with Gasteiger partial charge in [-0.15, -0.1) is 0 Å². The molecule has 0 atom stereocenters. The normalized spacial score (nSPS) is 1.40. The zero-order valence-electron chi connectivity index (χ0n) is 2.87. The van der Waals surface area contributed by atoms with Gasteiger partial charge in [-0.25, -0.2) is 0 Å². The van der Waals surface area contributed by atoms with E-state index in [4.69, 9.17) is 0 Å². The molecule has 0 heterocycles. The summed E-state index contributed by atoms with van der Waals surface area (Å²) in [5.41, 5.74) is 0. The van der Waals surface area contributed by atoms with Crippen LogP contribution < -0.4 is 0 Å². The summed E-state index contributed by atoms with van der Waals surface area (Å²) in [5, 5.41) is 0. The molecule has 0 aliphatic rings. The maximum absolute atomic E-state index is 3.53. The van der Waals surface area contributed by atoms with Crippen LogP contribution in [0.25, 0.3) is 12.3 Å². The summed E-state index contributed by atoms with van der Waals surface area (Å²) in [7, 11) is 0. The SMILES string of the molecule is [CH3-].[NH2-].[NH2-].[NiH][I]. The Morgan fingerprint density at radius 1 is 1.00 bits per heavy atom. The molecule has 0 fully saturated rings. The summed E-state index contributed by atoms with van der Waals surface area (Å²) in [6.45, 7) is 0. The van der Waals surface area contributed by atoms with Gasteiger partial charge in [0.2, 0.25) is 0 Å². The van der Waals surface area contributed by atoms with Gasteiger partial charge in [-0.2, -0.15) is 0 Å². The topological polar surface area (TPSA) is 67.0 Å². The molecule has 0 amide bonds. The summed E-state index contributed by atoms with van der Waals surface area (Å²) in [6, 6.07) is 0. The third kappa shape index (κ3) is 38.9. The van der Waals surface area contributed by atoms with Crippen molar-refractivity contribution in [2.75, 3.05) is 0 Å². The molecule has 0 saturated heterocycles. The molecule has 0 aromatic heterocycles. The molecule has 0 aliphatic carbocycles. The molecule has 0 rings (SSSR count). The quantitative estimate of drug-likeness (QED) is 0.351. The predicted molar refractivity (Wildman–Crippen MR) is 32.4 cm³/mol. The third-order valence-electron chi connectivity index (χ3n) is 0. The first kappa shape index (κ1) is 35.4. The van der Waals surface area contributed by atoms with Crippen molar-refractivity contribution in [1.82, 2.24) is 0 Å². The van der Waals surface area contributed by atoms with Crippen molar-refractivity contribution in [3.8, 4) is 0 Å². The van der Waals surface area contributed by atoms with Crippen molar-refractivity contribution in [2.45, 2.75) is 0 Å². The summed E-state index contributed by atoms with van der Waals surface area (Å²) >= 11 is 5.37. The van der Waals surface area contributed by atoms with E-state index < -0.39 is 0 Å². The average molecular weight is 234 g/mol. The molecular weight excluding hydrogens is 226 g/mol. The molecule has 0 aromatic carbocycles. The molecule has 0 unspecified atom stereocenters. The Hall–Kier alpha value is 1.14. The summed E-state index contributed by atoms with van der Waals surface area (Å²) in [6.07, 6.45) is 0. The maximum atomic E-state index is 3.53. The van der Waals surface area contributed by atoms with Gasteiger partial charge < -0.3 is 19.7 Å². The van der Waals surface area contributed by atoms with Gasteiger partial charge in [-0.1, -0.05) is 0 Å². The summed E-state index contributed by atoms with van der Waals surface area (Å²) in [4.78, 5) is 0. The van der Waals surface area contributed by atoms with Crippen molar-refractivity contribution in [1.29, 1.82) is 0 Å². The molecule has 4 heteroatoms. The summed E-state index contributed by atoms with van der Waals surface area (Å²) < 4.78 is 0. The number of rotatable bonds is 0. The second kappa shape index (κ2) is 67.5. The van der Waals surface area contributed by atoms with E-state index in [0.29, 0.717) is 0 Å². The second-order valence-electron chi connectivity index (χ2n) is 0. The van der Waals surface area contributed by atoms with E-state index in [1.165, 1.54) is 0 Å². The molecule has 0 radical (unpaired) electrons. The van der Waals surface area contributed by atoms with Crippen LogP contribution in [0.4, 0.5) is 0 Å². The molecule has 0 spiro atoms. The van der Waals surface area contributed by atoms with Crippen LogP contribution in [0, 0.1) is 7.43 Å². The van der Waals surface area contributed by atoms with Crippen LogP contribution in [0.2, 0.25) is 0 Å². The van der Waals surface area contributed by atoms with E-state index in [1.807, 2.05) is 20.5 Å². The van der Waals surface area contributed by atoms with Crippen molar-refractivity contribution in [2.24, 2.45) is 0 Å². The van der Waals surface area contributed by atoms with E-state index in [1.54, 1.807) is 0 Å². The Bertz CT molecular complexity index is 9.61. The Morgan fingerprint density at radius 2 is 1.00 bits per heavy atom. The van der Waals surface area contributed by atoms with Gasteiger partial charge in [-0.3, -0.25) is 0 Å². The minimum absolute atomic E-state index is 0. The third-order valence-corrected chi connectivity index (χ3v) is 0. The Balaban J connectivity index is -0.00000000167. The first-order valence-electron chi connectivity index (χ1n) is 0.126. The van der Waals surface area contributed by atoms with Gasteiger partial charge in [-0.05, 0) is 0 Å². The predicted octanol–water partition coefficient (Wildman–Crippen LogP) is 2.50. The number of hydrogen-bond donors (Lipinski definition) is 0.